The molecular formula is C21H23ClN4O3S. The van der Waals surface area contributed by atoms with E-state index in [0.717, 1.165) is 33.8 Å². The van der Waals surface area contributed by atoms with Gasteiger partial charge in [0.2, 0.25) is 6.79 Å². The molecule has 1 aromatic heterocycles. The van der Waals surface area contributed by atoms with Gasteiger partial charge in [0, 0.05) is 30.4 Å². The molecule has 1 aliphatic heterocycles. The molecule has 0 atom stereocenters. The van der Waals surface area contributed by atoms with Crippen LogP contribution in [0, 0.1) is 0 Å². The lowest BCUT2D eigenvalue weighted by molar-refractivity contribution is 0.174. The summed E-state index contributed by atoms with van der Waals surface area (Å²) in [4.78, 5) is 2.14. The van der Waals surface area contributed by atoms with Crippen LogP contribution in [0.3, 0.4) is 0 Å². The van der Waals surface area contributed by atoms with Gasteiger partial charge in [-0.15, -0.1) is 10.2 Å². The van der Waals surface area contributed by atoms with Crippen molar-refractivity contribution in [3.63, 3.8) is 0 Å². The first-order valence-electron chi connectivity index (χ1n) is 9.55. The molecule has 4 rings (SSSR count). The van der Waals surface area contributed by atoms with Crippen molar-refractivity contribution in [3.8, 4) is 17.2 Å². The SMILES string of the molecule is CN(Cc1cc2c(cc1Cl)OCO2)Cc1nnc(SCCOc2ccccc2)n1C. The highest BCUT2D eigenvalue weighted by Gasteiger charge is 2.18. The van der Waals surface area contributed by atoms with Gasteiger partial charge in [-0.05, 0) is 30.8 Å². The van der Waals surface area contributed by atoms with E-state index in [1.165, 1.54) is 0 Å². The molecule has 30 heavy (non-hydrogen) atoms. The molecule has 158 valence electrons. The Balaban J connectivity index is 1.29. The number of rotatable bonds is 9. The average molecular weight is 447 g/mol. The van der Waals surface area contributed by atoms with Crippen molar-refractivity contribution >= 4 is 23.4 Å². The number of nitrogens with zero attached hydrogens (tertiary/aromatic N) is 4. The Bertz CT molecular complexity index is 999. The molecular weight excluding hydrogens is 424 g/mol. The van der Waals surface area contributed by atoms with Gasteiger partial charge in [0.1, 0.15) is 11.6 Å². The van der Waals surface area contributed by atoms with Gasteiger partial charge < -0.3 is 18.8 Å². The van der Waals surface area contributed by atoms with Crippen molar-refractivity contribution < 1.29 is 14.2 Å². The molecule has 1 aliphatic rings. The zero-order valence-corrected chi connectivity index (χ0v) is 18.4. The van der Waals surface area contributed by atoms with Crippen LogP contribution < -0.4 is 14.2 Å². The van der Waals surface area contributed by atoms with E-state index in [1.807, 2.05) is 61.1 Å². The third-order valence-corrected chi connectivity index (χ3v) is 5.98. The van der Waals surface area contributed by atoms with E-state index >= 15 is 0 Å². The number of aromatic nitrogens is 3. The summed E-state index contributed by atoms with van der Waals surface area (Å²) in [5, 5.41) is 10.2. The van der Waals surface area contributed by atoms with E-state index in [9.17, 15) is 0 Å². The Morgan fingerprint density at radius 1 is 1.13 bits per heavy atom. The van der Waals surface area contributed by atoms with Gasteiger partial charge in [0.05, 0.1) is 13.2 Å². The number of hydrogen-bond donors (Lipinski definition) is 0. The highest BCUT2D eigenvalue weighted by Crippen LogP contribution is 2.37. The van der Waals surface area contributed by atoms with Gasteiger partial charge in [-0.25, -0.2) is 0 Å². The molecule has 0 N–H and O–H groups in total. The summed E-state index contributed by atoms with van der Waals surface area (Å²) in [7, 11) is 4.01. The van der Waals surface area contributed by atoms with Gasteiger partial charge in [-0.3, -0.25) is 4.90 Å². The fraction of sp³-hybridized carbons (Fsp3) is 0.333. The fourth-order valence-corrected chi connectivity index (χ4v) is 4.05. The van der Waals surface area contributed by atoms with Gasteiger partial charge >= 0.3 is 0 Å². The molecule has 0 radical (unpaired) electrons. The molecule has 0 fully saturated rings. The van der Waals surface area contributed by atoms with Crippen LogP contribution in [0.5, 0.6) is 17.2 Å². The summed E-state index contributed by atoms with van der Waals surface area (Å²) in [6.45, 7) is 2.16. The normalized spacial score (nSPS) is 12.5. The van der Waals surface area contributed by atoms with E-state index in [1.54, 1.807) is 11.8 Å². The van der Waals surface area contributed by atoms with Crippen molar-refractivity contribution in [1.82, 2.24) is 19.7 Å². The van der Waals surface area contributed by atoms with Crippen molar-refractivity contribution in [3.05, 3.63) is 58.9 Å². The molecule has 0 aliphatic carbocycles. The Morgan fingerprint density at radius 3 is 2.70 bits per heavy atom. The number of para-hydroxylation sites is 1. The number of benzene rings is 2. The Labute approximate surface area is 184 Å². The standard InChI is InChI=1S/C21H23ClN4O3S/c1-25(12-15-10-18-19(11-17(15)22)29-14-28-18)13-20-23-24-21(26(20)2)30-9-8-27-16-6-4-3-5-7-16/h3-7,10-11H,8-9,12-14H2,1-2H3. The van der Waals surface area contributed by atoms with Crippen LogP contribution in [0.25, 0.3) is 0 Å². The smallest absolute Gasteiger partial charge is 0.231 e. The van der Waals surface area contributed by atoms with E-state index in [2.05, 4.69) is 15.1 Å². The van der Waals surface area contributed by atoms with Crippen LogP contribution in [0.1, 0.15) is 11.4 Å². The molecule has 2 heterocycles. The van der Waals surface area contributed by atoms with Crippen LogP contribution in [0.2, 0.25) is 5.02 Å². The van der Waals surface area contributed by atoms with Crippen molar-refractivity contribution in [2.45, 2.75) is 18.2 Å². The second kappa shape index (κ2) is 9.59. The molecule has 0 saturated heterocycles. The van der Waals surface area contributed by atoms with E-state index < -0.39 is 0 Å². The average Bonchev–Trinajstić information content (AvgIpc) is 3.33. The molecule has 0 spiro atoms. The lowest BCUT2D eigenvalue weighted by Crippen LogP contribution is -2.20. The first kappa shape index (κ1) is 20.8. The van der Waals surface area contributed by atoms with E-state index in [-0.39, 0.29) is 6.79 Å². The molecule has 9 heteroatoms. The number of ether oxygens (including phenoxy) is 3. The minimum absolute atomic E-state index is 0.237. The molecule has 2 aromatic carbocycles. The van der Waals surface area contributed by atoms with Crippen molar-refractivity contribution in [1.29, 1.82) is 0 Å². The number of hydrogen-bond acceptors (Lipinski definition) is 7. The summed E-state index contributed by atoms with van der Waals surface area (Å²) in [5.41, 5.74) is 0.984. The molecule has 0 bridgehead atoms. The fourth-order valence-electron chi connectivity index (χ4n) is 3.09. The summed E-state index contributed by atoms with van der Waals surface area (Å²) < 4.78 is 18.6. The zero-order valence-electron chi connectivity index (χ0n) is 16.9. The summed E-state index contributed by atoms with van der Waals surface area (Å²) in [6, 6.07) is 13.5. The first-order valence-corrected chi connectivity index (χ1v) is 10.9. The quantitative estimate of drug-likeness (QED) is 0.363. The minimum Gasteiger partial charge on any atom is -0.493 e. The van der Waals surface area contributed by atoms with Gasteiger partial charge in [0.15, 0.2) is 16.7 Å². The maximum absolute atomic E-state index is 6.39. The second-order valence-corrected chi connectivity index (χ2v) is 8.41. The Morgan fingerprint density at radius 2 is 1.90 bits per heavy atom. The molecule has 0 unspecified atom stereocenters. The highest BCUT2D eigenvalue weighted by molar-refractivity contribution is 7.99. The van der Waals surface area contributed by atoms with E-state index in [0.29, 0.717) is 30.5 Å². The predicted molar refractivity (Wildman–Crippen MR) is 116 cm³/mol. The Hall–Kier alpha value is -2.42. The van der Waals surface area contributed by atoms with Crippen LogP contribution in [0.4, 0.5) is 0 Å². The summed E-state index contributed by atoms with van der Waals surface area (Å²) >= 11 is 8.02. The monoisotopic (exact) mass is 446 g/mol. The predicted octanol–water partition coefficient (Wildman–Crippen LogP) is 4.00. The summed E-state index contributed by atoms with van der Waals surface area (Å²) in [5.74, 6) is 3.99. The number of fused-ring (bicyclic) bond motifs is 1. The topological polar surface area (TPSA) is 61.6 Å². The lowest BCUT2D eigenvalue weighted by Gasteiger charge is -2.17. The third kappa shape index (κ3) is 5.00. The Kier molecular flexibility index (Phi) is 6.66. The van der Waals surface area contributed by atoms with Gasteiger partial charge in [-0.1, -0.05) is 41.6 Å². The first-order chi connectivity index (χ1) is 14.6. The van der Waals surface area contributed by atoms with Crippen LogP contribution in [-0.4, -0.2) is 45.9 Å². The molecule has 0 amide bonds. The maximum atomic E-state index is 6.39. The van der Waals surface area contributed by atoms with Crippen LogP contribution in [0.15, 0.2) is 47.6 Å². The van der Waals surface area contributed by atoms with Gasteiger partial charge in [0.25, 0.3) is 0 Å². The molecule has 7 nitrogen and oxygen atoms in total. The van der Waals surface area contributed by atoms with E-state index in [4.69, 9.17) is 25.8 Å². The van der Waals surface area contributed by atoms with Crippen LogP contribution >= 0.6 is 23.4 Å². The number of halogens is 1. The second-order valence-electron chi connectivity index (χ2n) is 6.94. The minimum atomic E-state index is 0.237. The molecule has 0 saturated carbocycles. The zero-order chi connectivity index (χ0) is 20.9. The highest BCUT2D eigenvalue weighted by atomic mass is 35.5. The largest absolute Gasteiger partial charge is 0.493 e. The number of thioether (sulfide) groups is 1. The lowest BCUT2D eigenvalue weighted by atomic mass is 10.2. The summed E-state index contributed by atoms with van der Waals surface area (Å²) in [6.07, 6.45) is 0. The third-order valence-electron chi connectivity index (χ3n) is 4.64. The van der Waals surface area contributed by atoms with Crippen molar-refractivity contribution in [2.75, 3.05) is 26.2 Å². The van der Waals surface area contributed by atoms with Crippen molar-refractivity contribution in [2.24, 2.45) is 7.05 Å². The maximum Gasteiger partial charge on any atom is 0.231 e. The van der Waals surface area contributed by atoms with Gasteiger partial charge in [-0.2, -0.15) is 0 Å². The molecule has 3 aromatic rings. The van der Waals surface area contributed by atoms with Crippen LogP contribution in [-0.2, 0) is 20.1 Å².